The number of amides is 2. The molecule has 0 saturated carbocycles. The van der Waals surface area contributed by atoms with E-state index in [2.05, 4.69) is 5.32 Å². The Morgan fingerprint density at radius 3 is 2.67 bits per heavy atom. The molecule has 2 heterocycles. The number of carbonyl (C=O) groups is 2. The molecule has 33 heavy (non-hydrogen) atoms. The van der Waals surface area contributed by atoms with E-state index in [-0.39, 0.29) is 40.8 Å². The van der Waals surface area contributed by atoms with Crippen LogP contribution >= 0.6 is 11.6 Å². The van der Waals surface area contributed by atoms with Crippen LogP contribution in [0.2, 0.25) is 5.02 Å². The van der Waals surface area contributed by atoms with Gasteiger partial charge in [0.15, 0.2) is 0 Å². The molecule has 1 aliphatic heterocycles. The van der Waals surface area contributed by atoms with Crippen molar-refractivity contribution in [2.45, 2.75) is 45.8 Å². The molecule has 3 aromatic rings. The number of hydrogen-bond donors (Lipinski definition) is 1. The van der Waals surface area contributed by atoms with Crippen molar-refractivity contribution in [3.05, 3.63) is 80.5 Å². The minimum atomic E-state index is -0.405. The summed E-state index contributed by atoms with van der Waals surface area (Å²) < 4.78 is 15.1. The highest BCUT2D eigenvalue weighted by molar-refractivity contribution is 6.36. The molecular formula is C25H25ClFN3O3. The number of pyridine rings is 1. The van der Waals surface area contributed by atoms with Crippen LogP contribution in [0.1, 0.15) is 47.8 Å². The van der Waals surface area contributed by atoms with E-state index in [0.717, 1.165) is 6.42 Å². The largest absolute Gasteiger partial charge is 0.348 e. The Hall–Kier alpha value is -3.19. The van der Waals surface area contributed by atoms with Crippen LogP contribution in [0.5, 0.6) is 0 Å². The van der Waals surface area contributed by atoms with Gasteiger partial charge in [-0.2, -0.15) is 0 Å². The lowest BCUT2D eigenvalue weighted by Crippen LogP contribution is -2.35. The number of fused-ring (bicyclic) bond motifs is 1. The van der Waals surface area contributed by atoms with Gasteiger partial charge in [0.1, 0.15) is 5.82 Å². The smallest absolute Gasteiger partial charge is 0.260 e. The minimum absolute atomic E-state index is 0.00260. The van der Waals surface area contributed by atoms with Gasteiger partial charge in [-0.1, -0.05) is 42.8 Å². The van der Waals surface area contributed by atoms with Crippen LogP contribution in [0, 0.1) is 5.82 Å². The van der Waals surface area contributed by atoms with Crippen molar-refractivity contribution in [3.63, 3.8) is 0 Å². The summed E-state index contributed by atoms with van der Waals surface area (Å²) in [5.74, 6) is -0.787. The predicted molar refractivity (Wildman–Crippen MR) is 126 cm³/mol. The fourth-order valence-electron chi connectivity index (χ4n) is 4.35. The lowest BCUT2D eigenvalue weighted by atomic mass is 10.0. The maximum Gasteiger partial charge on any atom is 0.260 e. The van der Waals surface area contributed by atoms with E-state index in [1.54, 1.807) is 39.8 Å². The maximum absolute atomic E-state index is 13.6. The van der Waals surface area contributed by atoms with Gasteiger partial charge >= 0.3 is 0 Å². The number of hydrogen-bond acceptors (Lipinski definition) is 3. The van der Waals surface area contributed by atoms with Gasteiger partial charge in [0.25, 0.3) is 11.5 Å². The van der Waals surface area contributed by atoms with Crippen LogP contribution in [-0.2, 0) is 24.4 Å². The molecule has 0 bridgehead atoms. The summed E-state index contributed by atoms with van der Waals surface area (Å²) in [5.41, 5.74) is 1.14. The van der Waals surface area contributed by atoms with E-state index < -0.39 is 5.91 Å². The Kier molecular flexibility index (Phi) is 6.79. The summed E-state index contributed by atoms with van der Waals surface area (Å²) in [6.45, 7) is 3.20. The quantitative estimate of drug-likeness (QED) is 0.562. The molecule has 1 fully saturated rings. The Bertz CT molecular complexity index is 1290. The lowest BCUT2D eigenvalue weighted by Gasteiger charge is -2.23. The second kappa shape index (κ2) is 9.75. The molecule has 0 spiro atoms. The SMILES string of the molecule is CCCn1c(CN2CCCC2=O)c(C(=O)NCc2cccc(F)c2)c2cccc(Cl)c2c1=O. The monoisotopic (exact) mass is 469 g/mol. The second-order valence-corrected chi connectivity index (χ2v) is 8.58. The first-order chi connectivity index (χ1) is 15.9. The van der Waals surface area contributed by atoms with E-state index in [0.29, 0.717) is 48.1 Å². The Morgan fingerprint density at radius 1 is 1.18 bits per heavy atom. The van der Waals surface area contributed by atoms with Crippen LogP contribution in [0.25, 0.3) is 10.8 Å². The van der Waals surface area contributed by atoms with Crippen molar-refractivity contribution in [3.8, 4) is 0 Å². The van der Waals surface area contributed by atoms with Crippen LogP contribution in [0.15, 0.2) is 47.3 Å². The topological polar surface area (TPSA) is 71.4 Å². The van der Waals surface area contributed by atoms with Gasteiger partial charge in [0.2, 0.25) is 5.91 Å². The third-order valence-electron chi connectivity index (χ3n) is 5.88. The van der Waals surface area contributed by atoms with Gasteiger partial charge in [-0.05, 0) is 36.6 Å². The highest BCUT2D eigenvalue weighted by Gasteiger charge is 2.27. The van der Waals surface area contributed by atoms with Crippen LogP contribution < -0.4 is 10.9 Å². The van der Waals surface area contributed by atoms with Crippen LogP contribution in [-0.4, -0.2) is 27.8 Å². The number of nitrogens with zero attached hydrogens (tertiary/aromatic N) is 2. The van der Waals surface area contributed by atoms with Gasteiger partial charge in [-0.25, -0.2) is 4.39 Å². The number of halogens is 2. The molecule has 172 valence electrons. The number of carbonyl (C=O) groups excluding carboxylic acids is 2. The Labute approximate surface area is 196 Å². The molecule has 0 atom stereocenters. The third kappa shape index (κ3) is 4.64. The summed E-state index contributed by atoms with van der Waals surface area (Å²) >= 11 is 6.40. The number of likely N-dealkylation sites (tertiary alicyclic amines) is 1. The van der Waals surface area contributed by atoms with Crippen LogP contribution in [0.3, 0.4) is 0 Å². The maximum atomic E-state index is 13.6. The molecule has 0 radical (unpaired) electrons. The molecule has 6 nitrogen and oxygen atoms in total. The summed E-state index contributed by atoms with van der Waals surface area (Å²) in [6, 6.07) is 11.0. The Balaban J connectivity index is 1.85. The second-order valence-electron chi connectivity index (χ2n) is 8.17. The average molecular weight is 470 g/mol. The molecule has 2 amide bonds. The molecule has 1 saturated heterocycles. The van der Waals surface area contributed by atoms with Crippen molar-refractivity contribution >= 4 is 34.2 Å². The van der Waals surface area contributed by atoms with Crippen molar-refractivity contribution in [2.75, 3.05) is 6.54 Å². The molecule has 1 aliphatic rings. The first-order valence-corrected chi connectivity index (χ1v) is 11.4. The van der Waals surface area contributed by atoms with E-state index in [1.807, 2.05) is 6.92 Å². The van der Waals surface area contributed by atoms with Crippen molar-refractivity contribution < 1.29 is 14.0 Å². The Morgan fingerprint density at radius 2 is 1.97 bits per heavy atom. The van der Waals surface area contributed by atoms with E-state index in [1.165, 1.54) is 12.1 Å². The van der Waals surface area contributed by atoms with Crippen molar-refractivity contribution in [1.29, 1.82) is 0 Å². The normalized spacial score (nSPS) is 13.7. The average Bonchev–Trinajstić information content (AvgIpc) is 3.19. The molecular weight excluding hydrogens is 445 g/mol. The summed E-state index contributed by atoms with van der Waals surface area (Å²) in [4.78, 5) is 41.0. The number of aromatic nitrogens is 1. The fraction of sp³-hybridized carbons (Fsp3) is 0.320. The zero-order valence-corrected chi connectivity index (χ0v) is 19.1. The van der Waals surface area contributed by atoms with Gasteiger partial charge in [0, 0.05) is 31.4 Å². The molecule has 1 N–H and O–H groups in total. The zero-order valence-electron chi connectivity index (χ0n) is 18.4. The summed E-state index contributed by atoms with van der Waals surface area (Å²) in [6.07, 6.45) is 1.87. The van der Waals surface area contributed by atoms with Crippen molar-refractivity contribution in [1.82, 2.24) is 14.8 Å². The summed E-state index contributed by atoms with van der Waals surface area (Å²) in [7, 11) is 0. The number of nitrogens with one attached hydrogen (secondary N) is 1. The van der Waals surface area contributed by atoms with Crippen LogP contribution in [0.4, 0.5) is 4.39 Å². The minimum Gasteiger partial charge on any atom is -0.348 e. The first kappa shape index (κ1) is 23.0. The molecule has 8 heteroatoms. The number of rotatable bonds is 7. The highest BCUT2D eigenvalue weighted by atomic mass is 35.5. The van der Waals surface area contributed by atoms with E-state index in [9.17, 15) is 18.8 Å². The zero-order chi connectivity index (χ0) is 23.5. The molecule has 0 unspecified atom stereocenters. The summed E-state index contributed by atoms with van der Waals surface area (Å²) in [5, 5.41) is 3.84. The molecule has 0 aliphatic carbocycles. The van der Waals surface area contributed by atoms with Crippen molar-refractivity contribution in [2.24, 2.45) is 0 Å². The van der Waals surface area contributed by atoms with Gasteiger partial charge < -0.3 is 14.8 Å². The van der Waals surface area contributed by atoms with Gasteiger partial charge in [0.05, 0.1) is 28.2 Å². The number of benzene rings is 2. The van der Waals surface area contributed by atoms with Gasteiger partial charge in [-0.3, -0.25) is 14.4 Å². The fourth-order valence-corrected chi connectivity index (χ4v) is 4.60. The third-order valence-corrected chi connectivity index (χ3v) is 6.20. The van der Waals surface area contributed by atoms with E-state index >= 15 is 0 Å². The molecule has 1 aromatic heterocycles. The first-order valence-electron chi connectivity index (χ1n) is 11.0. The molecule has 4 rings (SSSR count). The molecule has 2 aromatic carbocycles. The standard InChI is InChI=1S/C25H25ClFN3O3/c1-2-11-30-20(15-29-12-5-10-21(29)31)23(18-8-4-9-19(26)22(18)25(30)33)24(32)28-14-16-6-3-7-17(27)13-16/h3-4,6-9,13H,2,5,10-12,14-15H2,1H3,(H,28,32). The lowest BCUT2D eigenvalue weighted by molar-refractivity contribution is -0.128. The van der Waals surface area contributed by atoms with E-state index in [4.69, 9.17) is 11.6 Å². The predicted octanol–water partition coefficient (Wildman–Crippen LogP) is 4.26. The highest BCUT2D eigenvalue weighted by Crippen LogP contribution is 2.28. The van der Waals surface area contributed by atoms with Gasteiger partial charge in [-0.15, -0.1) is 0 Å².